The zero-order chi connectivity index (χ0) is 11.4. The van der Waals surface area contributed by atoms with E-state index in [1.807, 2.05) is 4.90 Å². The monoisotopic (exact) mass is 228 g/mol. The Hall–Kier alpha value is -0.650. The van der Waals surface area contributed by atoms with Crippen LogP contribution in [0.2, 0.25) is 0 Å². The largest absolute Gasteiger partial charge is 0.396 e. The molecule has 5 nitrogen and oxygen atoms in total. The molecule has 1 amide bonds. The van der Waals surface area contributed by atoms with Crippen LogP contribution in [0.1, 0.15) is 12.8 Å². The summed E-state index contributed by atoms with van der Waals surface area (Å²) < 4.78 is 5.29. The topological polar surface area (TPSA) is 61.8 Å². The number of hydrogen-bond donors (Lipinski definition) is 2. The van der Waals surface area contributed by atoms with Gasteiger partial charge in [0, 0.05) is 26.2 Å². The summed E-state index contributed by atoms with van der Waals surface area (Å²) in [5, 5.41) is 12.0. The Labute approximate surface area is 95.8 Å². The zero-order valence-corrected chi connectivity index (χ0v) is 9.52. The minimum absolute atomic E-state index is 0.153. The third-order valence-electron chi connectivity index (χ3n) is 3.35. The number of likely N-dealkylation sites (tertiary alicyclic amines) is 1. The average Bonchev–Trinajstić information content (AvgIpc) is 2.78. The molecule has 2 fully saturated rings. The van der Waals surface area contributed by atoms with Gasteiger partial charge in [0.05, 0.1) is 13.2 Å². The number of carbonyl (C=O) groups excluding carboxylic acids is 1. The number of carbonyl (C=O) groups is 1. The molecule has 0 bridgehead atoms. The molecule has 5 heteroatoms. The number of rotatable bonds is 3. The highest BCUT2D eigenvalue weighted by Crippen LogP contribution is 2.20. The van der Waals surface area contributed by atoms with Crippen molar-refractivity contribution in [3.8, 4) is 0 Å². The molecule has 2 rings (SSSR count). The summed E-state index contributed by atoms with van der Waals surface area (Å²) in [6.07, 6.45) is 1.82. The first-order chi connectivity index (χ1) is 7.81. The molecule has 92 valence electrons. The minimum atomic E-state index is -0.165. The van der Waals surface area contributed by atoms with Gasteiger partial charge in [-0.15, -0.1) is 0 Å². The van der Waals surface area contributed by atoms with Crippen molar-refractivity contribution in [3.05, 3.63) is 0 Å². The van der Waals surface area contributed by atoms with Gasteiger partial charge in [0.25, 0.3) is 0 Å². The Bertz CT molecular complexity index is 241. The molecule has 0 spiro atoms. The van der Waals surface area contributed by atoms with Crippen molar-refractivity contribution in [3.63, 3.8) is 0 Å². The molecular weight excluding hydrogens is 208 g/mol. The van der Waals surface area contributed by atoms with Crippen LogP contribution in [0.5, 0.6) is 0 Å². The molecule has 2 heterocycles. The highest BCUT2D eigenvalue weighted by atomic mass is 16.5. The SMILES string of the molecule is O=C(C1COCCN1)N1CCC(CCO)C1. The fraction of sp³-hybridized carbons (Fsp3) is 0.909. The van der Waals surface area contributed by atoms with Gasteiger partial charge >= 0.3 is 0 Å². The van der Waals surface area contributed by atoms with Gasteiger partial charge in [-0.1, -0.05) is 0 Å². The van der Waals surface area contributed by atoms with Crippen molar-refractivity contribution in [2.75, 3.05) is 39.5 Å². The Morgan fingerprint density at radius 1 is 1.56 bits per heavy atom. The first-order valence-electron chi connectivity index (χ1n) is 6.02. The summed E-state index contributed by atoms with van der Waals surface area (Å²) in [6.45, 7) is 3.76. The number of nitrogens with zero attached hydrogens (tertiary/aromatic N) is 1. The highest BCUT2D eigenvalue weighted by molar-refractivity contribution is 5.82. The second-order valence-corrected chi connectivity index (χ2v) is 4.53. The van der Waals surface area contributed by atoms with Gasteiger partial charge in [0.2, 0.25) is 5.91 Å². The summed E-state index contributed by atoms with van der Waals surface area (Å²) >= 11 is 0. The van der Waals surface area contributed by atoms with Gasteiger partial charge in [-0.3, -0.25) is 4.79 Å². The third-order valence-corrected chi connectivity index (χ3v) is 3.35. The maximum absolute atomic E-state index is 12.1. The van der Waals surface area contributed by atoms with E-state index >= 15 is 0 Å². The lowest BCUT2D eigenvalue weighted by molar-refractivity contribution is -0.135. The lowest BCUT2D eigenvalue weighted by Gasteiger charge is -2.27. The maximum atomic E-state index is 12.1. The van der Waals surface area contributed by atoms with E-state index in [2.05, 4.69) is 5.32 Å². The van der Waals surface area contributed by atoms with E-state index in [9.17, 15) is 4.79 Å². The van der Waals surface area contributed by atoms with Crippen molar-refractivity contribution in [2.45, 2.75) is 18.9 Å². The van der Waals surface area contributed by atoms with Crippen molar-refractivity contribution in [2.24, 2.45) is 5.92 Å². The molecule has 2 N–H and O–H groups in total. The molecular formula is C11H20N2O3. The Morgan fingerprint density at radius 3 is 3.12 bits per heavy atom. The van der Waals surface area contributed by atoms with Crippen LogP contribution >= 0.6 is 0 Å². The second kappa shape index (κ2) is 5.61. The van der Waals surface area contributed by atoms with Crippen LogP contribution in [-0.4, -0.2) is 61.4 Å². The molecule has 2 atom stereocenters. The fourth-order valence-corrected chi connectivity index (χ4v) is 2.40. The Morgan fingerprint density at radius 2 is 2.44 bits per heavy atom. The standard InChI is InChI=1S/C11H20N2O3/c14-5-2-9-1-4-13(7-9)11(15)10-8-16-6-3-12-10/h9-10,12,14H,1-8H2. The number of hydrogen-bond acceptors (Lipinski definition) is 4. The molecule has 0 aromatic heterocycles. The number of aliphatic hydroxyl groups is 1. The number of amides is 1. The molecule has 0 aromatic rings. The predicted molar refractivity (Wildman–Crippen MR) is 59.0 cm³/mol. The predicted octanol–water partition coefficient (Wildman–Crippen LogP) is -0.794. The summed E-state index contributed by atoms with van der Waals surface area (Å²) in [5.41, 5.74) is 0. The summed E-state index contributed by atoms with van der Waals surface area (Å²) in [5.74, 6) is 0.624. The van der Waals surface area contributed by atoms with Gasteiger partial charge in [-0.25, -0.2) is 0 Å². The lowest BCUT2D eigenvalue weighted by atomic mass is 10.1. The van der Waals surface area contributed by atoms with Crippen LogP contribution in [-0.2, 0) is 9.53 Å². The van der Waals surface area contributed by atoms with Crippen molar-refractivity contribution >= 4 is 5.91 Å². The van der Waals surface area contributed by atoms with Crippen LogP contribution in [0.3, 0.4) is 0 Å². The van der Waals surface area contributed by atoms with Crippen LogP contribution < -0.4 is 5.32 Å². The molecule has 2 aliphatic rings. The third kappa shape index (κ3) is 2.72. The van der Waals surface area contributed by atoms with E-state index in [1.165, 1.54) is 0 Å². The first kappa shape index (κ1) is 11.8. The van der Waals surface area contributed by atoms with Gasteiger partial charge < -0.3 is 20.1 Å². The van der Waals surface area contributed by atoms with E-state index in [0.29, 0.717) is 19.1 Å². The lowest BCUT2D eigenvalue weighted by Crippen LogP contribution is -2.52. The van der Waals surface area contributed by atoms with Gasteiger partial charge in [0.15, 0.2) is 0 Å². The number of nitrogens with one attached hydrogen (secondary N) is 1. The van der Waals surface area contributed by atoms with E-state index < -0.39 is 0 Å². The molecule has 0 aliphatic carbocycles. The zero-order valence-electron chi connectivity index (χ0n) is 9.52. The van der Waals surface area contributed by atoms with Gasteiger partial charge in [-0.05, 0) is 18.8 Å². The molecule has 0 aromatic carbocycles. The molecule has 2 unspecified atom stereocenters. The number of aliphatic hydroxyl groups excluding tert-OH is 1. The van der Waals surface area contributed by atoms with Crippen molar-refractivity contribution < 1.29 is 14.6 Å². The van der Waals surface area contributed by atoms with E-state index in [4.69, 9.17) is 9.84 Å². The maximum Gasteiger partial charge on any atom is 0.242 e. The Kier molecular flexibility index (Phi) is 4.15. The van der Waals surface area contributed by atoms with E-state index in [1.54, 1.807) is 0 Å². The molecule has 2 aliphatic heterocycles. The number of ether oxygens (including phenoxy) is 1. The Balaban J connectivity index is 1.81. The second-order valence-electron chi connectivity index (χ2n) is 4.53. The van der Waals surface area contributed by atoms with Gasteiger partial charge in [-0.2, -0.15) is 0 Å². The van der Waals surface area contributed by atoms with Crippen molar-refractivity contribution in [1.82, 2.24) is 10.2 Å². The summed E-state index contributed by atoms with van der Waals surface area (Å²) in [4.78, 5) is 14.0. The van der Waals surface area contributed by atoms with Crippen LogP contribution in [0, 0.1) is 5.92 Å². The summed E-state index contributed by atoms with van der Waals surface area (Å²) in [7, 11) is 0. The fourth-order valence-electron chi connectivity index (χ4n) is 2.40. The minimum Gasteiger partial charge on any atom is -0.396 e. The van der Waals surface area contributed by atoms with E-state index in [-0.39, 0.29) is 18.6 Å². The quantitative estimate of drug-likeness (QED) is 0.664. The van der Waals surface area contributed by atoms with Crippen LogP contribution in [0.15, 0.2) is 0 Å². The molecule has 2 saturated heterocycles. The highest BCUT2D eigenvalue weighted by Gasteiger charge is 2.31. The molecule has 16 heavy (non-hydrogen) atoms. The normalized spacial score (nSPS) is 30.7. The van der Waals surface area contributed by atoms with E-state index in [0.717, 1.165) is 32.5 Å². The molecule has 0 radical (unpaired) electrons. The van der Waals surface area contributed by atoms with Crippen LogP contribution in [0.4, 0.5) is 0 Å². The smallest absolute Gasteiger partial charge is 0.242 e. The molecule has 0 saturated carbocycles. The van der Waals surface area contributed by atoms with Crippen molar-refractivity contribution in [1.29, 1.82) is 0 Å². The van der Waals surface area contributed by atoms with Gasteiger partial charge in [0.1, 0.15) is 6.04 Å². The van der Waals surface area contributed by atoms with Crippen LogP contribution in [0.25, 0.3) is 0 Å². The summed E-state index contributed by atoms with van der Waals surface area (Å²) in [6, 6.07) is -0.165. The average molecular weight is 228 g/mol. The number of morpholine rings is 1. The first-order valence-corrected chi connectivity index (χ1v) is 6.02.